The summed E-state index contributed by atoms with van der Waals surface area (Å²) in [4.78, 5) is 14.9. The topological polar surface area (TPSA) is 87.9 Å². The molecular formula is C23H23N5O. The molecule has 2 N–H and O–H groups in total. The van der Waals surface area contributed by atoms with Gasteiger partial charge in [-0.2, -0.15) is 10.4 Å². The van der Waals surface area contributed by atoms with Crippen LogP contribution in [-0.4, -0.2) is 39.7 Å². The lowest BCUT2D eigenvalue weighted by Gasteiger charge is -2.30. The van der Waals surface area contributed by atoms with Crippen LogP contribution >= 0.6 is 0 Å². The maximum atomic E-state index is 13.1. The van der Waals surface area contributed by atoms with E-state index in [4.69, 9.17) is 11.0 Å². The monoisotopic (exact) mass is 385 g/mol. The largest absolute Gasteiger partial charge is 0.336 e. The first-order valence-electron chi connectivity index (χ1n) is 9.77. The average molecular weight is 385 g/mol. The second kappa shape index (κ2) is 7.90. The van der Waals surface area contributed by atoms with Crippen molar-refractivity contribution >= 4 is 5.91 Å². The molecule has 0 aliphatic carbocycles. The summed E-state index contributed by atoms with van der Waals surface area (Å²) in [6.07, 6.45) is 1.85. The van der Waals surface area contributed by atoms with Gasteiger partial charge in [0.2, 0.25) is 0 Å². The normalized spacial score (nSPS) is 16.4. The SMILES string of the molecule is Cc1cccc(-n2nc(C(=O)N3CCCC(N)C3)cc2-c2ccc(C#N)cc2)c1. The highest BCUT2D eigenvalue weighted by Gasteiger charge is 2.25. The van der Waals surface area contributed by atoms with Gasteiger partial charge in [0.05, 0.1) is 23.0 Å². The van der Waals surface area contributed by atoms with Gasteiger partial charge < -0.3 is 10.6 Å². The van der Waals surface area contributed by atoms with E-state index in [0.717, 1.165) is 35.3 Å². The molecule has 6 heteroatoms. The van der Waals surface area contributed by atoms with Gasteiger partial charge in [0.15, 0.2) is 5.69 Å². The van der Waals surface area contributed by atoms with Gasteiger partial charge in [0.25, 0.3) is 5.91 Å². The molecule has 0 radical (unpaired) electrons. The van der Waals surface area contributed by atoms with Crippen LogP contribution < -0.4 is 5.73 Å². The number of carbonyl (C=O) groups is 1. The van der Waals surface area contributed by atoms with Crippen molar-refractivity contribution in [1.82, 2.24) is 14.7 Å². The van der Waals surface area contributed by atoms with Gasteiger partial charge in [-0.3, -0.25) is 4.79 Å². The molecule has 2 heterocycles. The van der Waals surface area contributed by atoms with Crippen LogP contribution in [0, 0.1) is 18.3 Å². The van der Waals surface area contributed by atoms with Gasteiger partial charge in [0, 0.05) is 24.7 Å². The molecule has 0 bridgehead atoms. The van der Waals surface area contributed by atoms with Crippen LogP contribution in [0.1, 0.15) is 34.5 Å². The zero-order valence-electron chi connectivity index (χ0n) is 16.4. The van der Waals surface area contributed by atoms with Gasteiger partial charge in [0.1, 0.15) is 0 Å². The highest BCUT2D eigenvalue weighted by Crippen LogP contribution is 2.26. The Labute approximate surface area is 170 Å². The standard InChI is InChI=1S/C23H23N5O/c1-16-4-2-6-20(12-16)28-22(18-9-7-17(14-24)8-10-18)13-21(26-28)23(29)27-11-3-5-19(25)15-27/h2,4,6-10,12-13,19H,3,5,11,15,25H2,1H3. The number of hydrogen-bond donors (Lipinski definition) is 1. The van der Waals surface area contributed by atoms with Gasteiger partial charge in [-0.25, -0.2) is 4.68 Å². The van der Waals surface area contributed by atoms with Crippen molar-refractivity contribution in [3.63, 3.8) is 0 Å². The van der Waals surface area contributed by atoms with Crippen molar-refractivity contribution in [3.05, 3.63) is 71.4 Å². The maximum absolute atomic E-state index is 13.1. The smallest absolute Gasteiger partial charge is 0.274 e. The predicted molar refractivity (Wildman–Crippen MR) is 112 cm³/mol. The quantitative estimate of drug-likeness (QED) is 0.749. The molecule has 1 aromatic heterocycles. The number of hydrogen-bond acceptors (Lipinski definition) is 4. The maximum Gasteiger partial charge on any atom is 0.274 e. The van der Waals surface area contributed by atoms with Crippen LogP contribution in [0.25, 0.3) is 16.9 Å². The average Bonchev–Trinajstić information content (AvgIpc) is 3.19. The highest BCUT2D eigenvalue weighted by atomic mass is 16.2. The number of aromatic nitrogens is 2. The molecule has 0 spiro atoms. The number of piperidine rings is 1. The highest BCUT2D eigenvalue weighted by molar-refractivity contribution is 5.93. The molecule has 6 nitrogen and oxygen atoms in total. The minimum atomic E-state index is -0.0959. The molecule has 4 rings (SSSR count). The molecule has 1 amide bonds. The molecule has 1 fully saturated rings. The third kappa shape index (κ3) is 3.91. The molecular weight excluding hydrogens is 362 g/mol. The fraction of sp³-hybridized carbons (Fsp3) is 0.261. The fourth-order valence-corrected chi connectivity index (χ4v) is 3.72. The first-order chi connectivity index (χ1) is 14.0. The van der Waals surface area contributed by atoms with Gasteiger partial charge >= 0.3 is 0 Å². The molecule has 1 aliphatic rings. The second-order valence-corrected chi connectivity index (χ2v) is 7.51. The van der Waals surface area contributed by atoms with Crippen LogP contribution in [-0.2, 0) is 0 Å². The number of benzene rings is 2. The Kier molecular flexibility index (Phi) is 5.15. The summed E-state index contributed by atoms with van der Waals surface area (Å²) in [6, 6.07) is 19.3. The van der Waals surface area contributed by atoms with Gasteiger partial charge in [-0.15, -0.1) is 0 Å². The third-order valence-electron chi connectivity index (χ3n) is 5.23. The third-order valence-corrected chi connectivity index (χ3v) is 5.23. The molecule has 1 saturated heterocycles. The van der Waals surface area contributed by atoms with Crippen LogP contribution in [0.2, 0.25) is 0 Å². The van der Waals surface area contributed by atoms with E-state index in [0.29, 0.717) is 24.3 Å². The van der Waals surface area contributed by atoms with Crippen LogP contribution in [0.5, 0.6) is 0 Å². The van der Waals surface area contributed by atoms with Crippen molar-refractivity contribution in [2.75, 3.05) is 13.1 Å². The molecule has 1 unspecified atom stereocenters. The van der Waals surface area contributed by atoms with Crippen molar-refractivity contribution < 1.29 is 4.79 Å². The minimum Gasteiger partial charge on any atom is -0.336 e. The van der Waals surface area contributed by atoms with Crippen LogP contribution in [0.3, 0.4) is 0 Å². The molecule has 3 aromatic rings. The lowest BCUT2D eigenvalue weighted by molar-refractivity contribution is 0.0702. The Hall–Kier alpha value is -3.43. The van der Waals surface area contributed by atoms with Crippen LogP contribution in [0.15, 0.2) is 54.6 Å². The molecule has 146 valence electrons. The van der Waals surface area contributed by atoms with E-state index in [-0.39, 0.29) is 11.9 Å². The zero-order valence-corrected chi connectivity index (χ0v) is 16.4. The fourth-order valence-electron chi connectivity index (χ4n) is 3.72. The van der Waals surface area contributed by atoms with E-state index in [2.05, 4.69) is 11.2 Å². The van der Waals surface area contributed by atoms with E-state index >= 15 is 0 Å². The number of carbonyl (C=O) groups excluding carboxylic acids is 1. The van der Waals surface area contributed by atoms with Crippen molar-refractivity contribution in [1.29, 1.82) is 5.26 Å². The Bertz CT molecular complexity index is 1080. The summed E-state index contributed by atoms with van der Waals surface area (Å²) in [7, 11) is 0. The summed E-state index contributed by atoms with van der Waals surface area (Å²) in [5.41, 5.74) is 10.8. The van der Waals surface area contributed by atoms with Crippen molar-refractivity contribution in [3.8, 4) is 23.0 Å². The van der Waals surface area contributed by atoms with E-state index in [1.807, 2.05) is 49.4 Å². The first-order valence-corrected chi connectivity index (χ1v) is 9.77. The summed E-state index contributed by atoms with van der Waals surface area (Å²) in [5, 5.41) is 13.7. The number of likely N-dealkylation sites (tertiary alicyclic amines) is 1. The molecule has 29 heavy (non-hydrogen) atoms. The Morgan fingerprint density at radius 1 is 1.21 bits per heavy atom. The van der Waals surface area contributed by atoms with Crippen LogP contribution in [0.4, 0.5) is 0 Å². The number of nitriles is 1. The molecule has 2 aromatic carbocycles. The summed E-state index contributed by atoms with van der Waals surface area (Å²) < 4.78 is 1.80. The van der Waals surface area contributed by atoms with Crippen molar-refractivity contribution in [2.24, 2.45) is 5.73 Å². The number of nitrogens with zero attached hydrogens (tertiary/aromatic N) is 4. The van der Waals surface area contributed by atoms with E-state index in [9.17, 15) is 4.79 Å². The van der Waals surface area contributed by atoms with E-state index in [1.165, 1.54) is 0 Å². The molecule has 1 atom stereocenters. The summed E-state index contributed by atoms with van der Waals surface area (Å²) >= 11 is 0. The van der Waals surface area contributed by atoms with Gasteiger partial charge in [-0.1, -0.05) is 24.3 Å². The number of nitrogens with two attached hydrogens (primary N) is 1. The Morgan fingerprint density at radius 3 is 2.69 bits per heavy atom. The Morgan fingerprint density at radius 2 is 2.00 bits per heavy atom. The minimum absolute atomic E-state index is 0.0181. The summed E-state index contributed by atoms with van der Waals surface area (Å²) in [5.74, 6) is -0.0959. The molecule has 0 saturated carbocycles. The van der Waals surface area contributed by atoms with E-state index < -0.39 is 0 Å². The predicted octanol–water partition coefficient (Wildman–Crippen LogP) is 3.28. The number of rotatable bonds is 3. The zero-order chi connectivity index (χ0) is 20.4. The lowest BCUT2D eigenvalue weighted by Crippen LogP contribution is -2.45. The van der Waals surface area contributed by atoms with Gasteiger partial charge in [-0.05, 0) is 55.7 Å². The lowest BCUT2D eigenvalue weighted by atomic mass is 10.1. The second-order valence-electron chi connectivity index (χ2n) is 7.51. The first kappa shape index (κ1) is 18.9. The number of aryl methyl sites for hydroxylation is 1. The summed E-state index contributed by atoms with van der Waals surface area (Å²) in [6.45, 7) is 3.29. The number of amides is 1. The Balaban J connectivity index is 1.78. The van der Waals surface area contributed by atoms with E-state index in [1.54, 1.807) is 21.7 Å². The van der Waals surface area contributed by atoms with Crippen molar-refractivity contribution in [2.45, 2.75) is 25.8 Å². The molecule has 1 aliphatic heterocycles.